The number of benzene rings is 2. The van der Waals surface area contributed by atoms with E-state index >= 15 is 0 Å². The van der Waals surface area contributed by atoms with Crippen molar-refractivity contribution in [2.75, 3.05) is 19.1 Å². The maximum absolute atomic E-state index is 11.7. The summed E-state index contributed by atoms with van der Waals surface area (Å²) in [5, 5.41) is 15.5. The number of rotatable bonds is 7. The number of hydrogen-bond donors (Lipinski definition) is 1. The van der Waals surface area contributed by atoms with Gasteiger partial charge in [0.1, 0.15) is 11.4 Å². The Morgan fingerprint density at radius 1 is 1.19 bits per heavy atom. The molecule has 1 N–H and O–H groups in total. The summed E-state index contributed by atoms with van der Waals surface area (Å²) in [4.78, 5) is 22.4. The Bertz CT molecular complexity index is 831. The number of carbonyl (C=O) groups excluding carboxylic acids is 1. The zero-order valence-corrected chi connectivity index (χ0v) is 14.7. The van der Waals surface area contributed by atoms with Gasteiger partial charge in [0.05, 0.1) is 29.9 Å². The Hall–Kier alpha value is -3.42. The fraction of sp³-hybridized carbons (Fsp3) is 0.222. The second-order valence-electron chi connectivity index (χ2n) is 5.25. The van der Waals surface area contributed by atoms with E-state index in [2.05, 4.69) is 10.5 Å². The second kappa shape index (κ2) is 8.61. The van der Waals surface area contributed by atoms with Crippen LogP contribution in [0.15, 0.2) is 47.6 Å². The van der Waals surface area contributed by atoms with Gasteiger partial charge in [0, 0.05) is 6.07 Å². The Morgan fingerprint density at radius 3 is 2.42 bits per heavy atom. The van der Waals surface area contributed by atoms with Crippen molar-refractivity contribution in [1.82, 2.24) is 0 Å². The fourth-order valence-corrected chi connectivity index (χ4v) is 2.16. The first-order chi connectivity index (χ1) is 12.5. The van der Waals surface area contributed by atoms with E-state index < -0.39 is 10.9 Å². The minimum atomic E-state index is -0.611. The summed E-state index contributed by atoms with van der Waals surface area (Å²) in [6.07, 6.45) is 0. The van der Waals surface area contributed by atoms with Crippen LogP contribution in [0.2, 0.25) is 0 Å². The molecule has 0 atom stereocenters. The molecule has 2 aromatic rings. The first-order valence-electron chi connectivity index (χ1n) is 7.86. The van der Waals surface area contributed by atoms with Gasteiger partial charge in [-0.1, -0.05) is 0 Å². The van der Waals surface area contributed by atoms with Gasteiger partial charge in [0.15, 0.2) is 0 Å². The molecule has 0 aliphatic rings. The maximum atomic E-state index is 11.7. The molecule has 0 aromatic heterocycles. The minimum absolute atomic E-state index is 0.111. The standard InChI is InChI=1S/C18H19N3O5/c1-4-26-18(22)14-7-10-16(17(11-14)21(23)24)20-19-12(2)13-5-8-15(25-3)9-6-13/h5-11,20H,4H2,1-3H3/b19-12+. The van der Waals surface area contributed by atoms with Gasteiger partial charge in [-0.2, -0.15) is 5.10 Å². The van der Waals surface area contributed by atoms with Crippen LogP contribution in [-0.4, -0.2) is 30.3 Å². The van der Waals surface area contributed by atoms with Crippen molar-refractivity contribution >= 4 is 23.1 Å². The zero-order valence-electron chi connectivity index (χ0n) is 14.7. The van der Waals surface area contributed by atoms with Crippen LogP contribution in [0.1, 0.15) is 29.8 Å². The summed E-state index contributed by atoms with van der Waals surface area (Å²) in [6.45, 7) is 3.63. The van der Waals surface area contributed by atoms with Crippen molar-refractivity contribution in [2.45, 2.75) is 13.8 Å². The molecule has 0 fully saturated rings. The second-order valence-corrected chi connectivity index (χ2v) is 5.25. The predicted molar refractivity (Wildman–Crippen MR) is 97.9 cm³/mol. The van der Waals surface area contributed by atoms with Gasteiger partial charge in [0.25, 0.3) is 5.69 Å². The first kappa shape index (κ1) is 18.9. The van der Waals surface area contributed by atoms with Crippen molar-refractivity contribution in [3.8, 4) is 5.75 Å². The molecule has 0 aliphatic heterocycles. The topological polar surface area (TPSA) is 103 Å². The molecular formula is C18H19N3O5. The molecule has 0 saturated heterocycles. The highest BCUT2D eigenvalue weighted by Gasteiger charge is 2.18. The lowest BCUT2D eigenvalue weighted by atomic mass is 10.1. The number of anilines is 1. The van der Waals surface area contributed by atoms with E-state index in [1.807, 2.05) is 12.1 Å². The quantitative estimate of drug-likeness (QED) is 0.351. The van der Waals surface area contributed by atoms with E-state index in [1.165, 1.54) is 18.2 Å². The molecule has 0 radical (unpaired) electrons. The normalized spacial score (nSPS) is 11.0. The number of nitrogens with one attached hydrogen (secondary N) is 1. The molecular weight excluding hydrogens is 338 g/mol. The molecule has 0 amide bonds. The average Bonchev–Trinajstić information content (AvgIpc) is 2.66. The monoisotopic (exact) mass is 357 g/mol. The van der Waals surface area contributed by atoms with E-state index in [9.17, 15) is 14.9 Å². The lowest BCUT2D eigenvalue weighted by molar-refractivity contribution is -0.384. The number of ether oxygens (including phenoxy) is 2. The van der Waals surface area contributed by atoms with Crippen molar-refractivity contribution in [3.05, 3.63) is 63.7 Å². The molecule has 0 aliphatic carbocycles. The Kier molecular flexibility index (Phi) is 6.26. The summed E-state index contributed by atoms with van der Waals surface area (Å²) in [6, 6.07) is 11.3. The largest absolute Gasteiger partial charge is 0.497 e. The average molecular weight is 357 g/mol. The SMILES string of the molecule is CCOC(=O)c1ccc(N/N=C(\C)c2ccc(OC)cc2)c([N+](=O)[O-])c1. The van der Waals surface area contributed by atoms with Crippen LogP contribution < -0.4 is 10.2 Å². The van der Waals surface area contributed by atoms with E-state index in [0.29, 0.717) is 5.71 Å². The third-order valence-corrected chi connectivity index (χ3v) is 3.56. The number of methoxy groups -OCH3 is 1. The highest BCUT2D eigenvalue weighted by molar-refractivity contribution is 5.99. The minimum Gasteiger partial charge on any atom is -0.497 e. The fourth-order valence-electron chi connectivity index (χ4n) is 2.16. The lowest BCUT2D eigenvalue weighted by Gasteiger charge is -2.07. The molecule has 0 heterocycles. The maximum Gasteiger partial charge on any atom is 0.338 e. The van der Waals surface area contributed by atoms with Gasteiger partial charge in [-0.15, -0.1) is 0 Å². The molecule has 0 spiro atoms. The number of nitro groups is 1. The van der Waals surface area contributed by atoms with E-state index in [-0.39, 0.29) is 23.5 Å². The highest BCUT2D eigenvalue weighted by atomic mass is 16.6. The van der Waals surface area contributed by atoms with Gasteiger partial charge < -0.3 is 9.47 Å². The van der Waals surface area contributed by atoms with Crippen molar-refractivity contribution in [1.29, 1.82) is 0 Å². The van der Waals surface area contributed by atoms with Gasteiger partial charge >= 0.3 is 5.97 Å². The van der Waals surface area contributed by atoms with Gasteiger partial charge in [0.2, 0.25) is 0 Å². The molecule has 2 rings (SSSR count). The lowest BCUT2D eigenvalue weighted by Crippen LogP contribution is -2.07. The molecule has 136 valence electrons. The number of hydrogen-bond acceptors (Lipinski definition) is 7. The number of nitro benzene ring substituents is 1. The van der Waals surface area contributed by atoms with Crippen LogP contribution in [0.4, 0.5) is 11.4 Å². The third-order valence-electron chi connectivity index (χ3n) is 3.56. The van der Waals surface area contributed by atoms with Crippen LogP contribution in [0.25, 0.3) is 0 Å². The molecule has 8 heteroatoms. The summed E-state index contributed by atoms with van der Waals surface area (Å²) >= 11 is 0. The highest BCUT2D eigenvalue weighted by Crippen LogP contribution is 2.26. The Labute approximate surface area is 150 Å². The molecule has 0 saturated carbocycles. The number of esters is 1. The number of carbonyl (C=O) groups is 1. The zero-order chi connectivity index (χ0) is 19.1. The molecule has 0 bridgehead atoms. The van der Waals surface area contributed by atoms with Gasteiger partial charge in [-0.3, -0.25) is 15.5 Å². The molecule has 0 unspecified atom stereocenters. The first-order valence-corrected chi connectivity index (χ1v) is 7.86. The number of nitrogens with zero attached hydrogens (tertiary/aromatic N) is 2. The van der Waals surface area contributed by atoms with E-state index in [4.69, 9.17) is 9.47 Å². The summed E-state index contributed by atoms with van der Waals surface area (Å²) in [5.41, 5.74) is 4.18. The van der Waals surface area contributed by atoms with Crippen LogP contribution in [0.3, 0.4) is 0 Å². The third kappa shape index (κ3) is 4.56. The smallest absolute Gasteiger partial charge is 0.338 e. The number of hydrazone groups is 1. The molecule has 26 heavy (non-hydrogen) atoms. The predicted octanol–water partition coefficient (Wildman–Crippen LogP) is 3.62. The van der Waals surface area contributed by atoms with Crippen LogP contribution >= 0.6 is 0 Å². The van der Waals surface area contributed by atoms with Crippen LogP contribution in [0.5, 0.6) is 5.75 Å². The summed E-state index contributed by atoms with van der Waals surface area (Å²) in [5.74, 6) is 0.111. The van der Waals surface area contributed by atoms with Crippen LogP contribution in [0, 0.1) is 10.1 Å². The van der Waals surface area contributed by atoms with Gasteiger partial charge in [-0.25, -0.2) is 4.79 Å². The van der Waals surface area contributed by atoms with E-state index in [1.54, 1.807) is 33.1 Å². The summed E-state index contributed by atoms with van der Waals surface area (Å²) in [7, 11) is 1.58. The summed E-state index contributed by atoms with van der Waals surface area (Å²) < 4.78 is 9.96. The van der Waals surface area contributed by atoms with Crippen LogP contribution in [-0.2, 0) is 4.74 Å². The van der Waals surface area contributed by atoms with Gasteiger partial charge in [-0.05, 0) is 55.8 Å². The van der Waals surface area contributed by atoms with Crippen molar-refractivity contribution in [3.63, 3.8) is 0 Å². The Morgan fingerprint density at radius 2 is 1.85 bits per heavy atom. The van der Waals surface area contributed by atoms with Crippen molar-refractivity contribution in [2.24, 2.45) is 5.10 Å². The van der Waals surface area contributed by atoms with Crippen molar-refractivity contribution < 1.29 is 19.2 Å². The molecule has 2 aromatic carbocycles. The molecule has 8 nitrogen and oxygen atoms in total. The Balaban J connectivity index is 2.24. The van der Waals surface area contributed by atoms with E-state index in [0.717, 1.165) is 11.3 Å².